The third kappa shape index (κ3) is 21.6. The molecule has 0 spiro atoms. The van der Waals surface area contributed by atoms with E-state index in [1.165, 1.54) is 88.4 Å². The molecule has 4 amide bonds. The van der Waals surface area contributed by atoms with Crippen LogP contribution in [0.5, 0.6) is 0 Å². The van der Waals surface area contributed by atoms with Gasteiger partial charge in [-0.3, -0.25) is 34.6 Å². The normalized spacial score (nSPS) is 16.3. The fraction of sp³-hybridized carbons (Fsp3) is 0.486. The van der Waals surface area contributed by atoms with Gasteiger partial charge in [-0.15, -0.1) is 0 Å². The minimum absolute atomic E-state index is 0.0655. The summed E-state index contributed by atoms with van der Waals surface area (Å²) in [6.07, 6.45) is 23.3. The van der Waals surface area contributed by atoms with Crippen LogP contribution in [-0.4, -0.2) is 192 Å². The largest absolute Gasteiger partial charge is 0.384 e. The SMILES string of the molecule is COC(OC)c1nc2c(cc1CN1CCN(C)CC1=O)CCCC2.COC(OC)c1nc2c(cc1CN1CCN(C)CC1=O)CCCN2C(=O)Nc1cc(CC2CC2)c(C#N)cn1.N#Cc1cnc(N)cc1CC1CC1.N#Cc1cnc(N)cc1F.NC1CC1.O=C(n1cncn1)n1cncn1. The number of urea groups is 1. The summed E-state index contributed by atoms with van der Waals surface area (Å²) in [6, 6.07) is 14.7. The molecular formula is C70H88FN23O8. The maximum atomic E-state index is 13.5. The molecule has 538 valence electrons. The fourth-order valence-electron chi connectivity index (χ4n) is 11.6. The van der Waals surface area contributed by atoms with Crippen molar-refractivity contribution in [1.82, 2.24) is 74.0 Å². The second-order valence-corrected chi connectivity index (χ2v) is 25.8. The Morgan fingerprint density at radius 1 is 0.608 bits per heavy atom. The van der Waals surface area contributed by atoms with Crippen molar-refractivity contribution in [2.45, 2.75) is 122 Å². The number of fused-ring (bicyclic) bond motifs is 2. The van der Waals surface area contributed by atoms with E-state index in [9.17, 15) is 28.8 Å². The predicted octanol–water partition coefficient (Wildman–Crippen LogP) is 6.03. The van der Waals surface area contributed by atoms with E-state index in [-0.39, 0.29) is 29.2 Å². The molecule has 31 nitrogen and oxygen atoms in total. The number of anilines is 4. The maximum Gasteiger partial charge on any atom is 0.372 e. The summed E-state index contributed by atoms with van der Waals surface area (Å²) in [6.45, 7) is 5.41. The number of likely N-dealkylation sites (N-methyl/N-ethyl adjacent to an activating group) is 2. The average molecular weight is 1400 g/mol. The van der Waals surface area contributed by atoms with E-state index in [1.54, 1.807) is 51.7 Å². The highest BCUT2D eigenvalue weighted by atomic mass is 19.1. The lowest BCUT2D eigenvalue weighted by molar-refractivity contribution is -0.137. The molecule has 3 saturated carbocycles. The number of amides is 4. The number of carbonyl (C=O) groups excluding carboxylic acids is 4. The van der Waals surface area contributed by atoms with E-state index in [0.29, 0.717) is 85.5 Å². The second-order valence-electron chi connectivity index (χ2n) is 25.8. The number of nitriles is 3. The van der Waals surface area contributed by atoms with Crippen molar-refractivity contribution in [3.63, 3.8) is 0 Å². The lowest BCUT2D eigenvalue weighted by Gasteiger charge is -2.34. The Hall–Kier alpha value is -10.4. The van der Waals surface area contributed by atoms with E-state index < -0.39 is 24.4 Å². The van der Waals surface area contributed by atoms with Gasteiger partial charge in [0.15, 0.2) is 0 Å². The van der Waals surface area contributed by atoms with Crippen LogP contribution in [0.1, 0.15) is 138 Å². The smallest absolute Gasteiger partial charge is 0.372 e. The van der Waals surface area contributed by atoms with Gasteiger partial charge in [-0.25, -0.2) is 43.9 Å². The van der Waals surface area contributed by atoms with E-state index in [2.05, 4.69) is 63.5 Å². The minimum atomic E-state index is -0.745. The number of aromatic nitrogens is 11. The van der Waals surface area contributed by atoms with Crippen molar-refractivity contribution in [2.75, 3.05) is 110 Å². The molecule has 0 aromatic carbocycles. The number of halogens is 1. The van der Waals surface area contributed by atoms with Crippen LogP contribution in [0.2, 0.25) is 0 Å². The molecular weight excluding hydrogens is 1310 g/mol. The third-order valence-electron chi connectivity index (χ3n) is 17.7. The molecule has 7 N–H and O–H groups in total. The molecule has 0 bridgehead atoms. The summed E-state index contributed by atoms with van der Waals surface area (Å²) < 4.78 is 36.7. The molecule has 14 rings (SSSR count). The zero-order chi connectivity index (χ0) is 72.8. The minimum Gasteiger partial charge on any atom is -0.384 e. The first-order chi connectivity index (χ1) is 49.3. The number of nitrogen functional groups attached to an aromatic ring is 2. The molecule has 0 unspecified atom stereocenters. The van der Waals surface area contributed by atoms with Crippen molar-refractivity contribution in [1.29, 1.82) is 15.8 Å². The van der Waals surface area contributed by atoms with Gasteiger partial charge in [0.2, 0.25) is 24.4 Å². The lowest BCUT2D eigenvalue weighted by atomic mass is 9.93. The number of ether oxygens (including phenoxy) is 4. The summed E-state index contributed by atoms with van der Waals surface area (Å²) in [5.74, 6) is 2.53. The van der Waals surface area contributed by atoms with Crippen molar-refractivity contribution in [2.24, 2.45) is 17.6 Å². The molecule has 5 fully saturated rings. The summed E-state index contributed by atoms with van der Waals surface area (Å²) in [5.41, 5.74) is 25.7. The van der Waals surface area contributed by atoms with Crippen LogP contribution >= 0.6 is 0 Å². The van der Waals surface area contributed by atoms with Crippen LogP contribution in [0.15, 0.2) is 74.2 Å². The molecule has 10 heterocycles. The molecule has 4 aliphatic carbocycles. The molecule has 0 radical (unpaired) electrons. The average Bonchev–Trinajstić information content (AvgIpc) is 0.958. The first-order valence-corrected chi connectivity index (χ1v) is 33.8. The standard InChI is InChI=1S/C28H35N7O4.C18H27N3O3.C10H11N3.C6H4FN3.C5H4N6O.C3H7N/c1-33-9-10-34(24(36)17-33)16-21-12-19-5-4-8-35(26(19)32-25(21)27(38-2)39-3)28(37)31-23-13-20(11-18-6-7-18)22(14-29)15-30-23;1-20-8-9-21(16(22)12-20)11-14-10-13-6-4-5-7-15(13)19-17(14)18(23-2)24-3;11-5-9-6-13-10(12)4-8(9)3-7-1-2-7;7-5-1-6(9)10-3-4(5)2-8;12-5(10-3-6-1-8-10)11-4-7-2-9-11;4-3-1-2-3/h12-13,15,18,27H,4-11,16-17H2,1-3H3,(H,30,31,37);10,18H,4-9,11-12H2,1-3H3;4,6-7H,1-3H2,(H2,12,13);1,3H,(H2,9,10);1-4H;3H,1-2,4H2. The highest BCUT2D eigenvalue weighted by Crippen LogP contribution is 2.36. The van der Waals surface area contributed by atoms with Gasteiger partial charge >= 0.3 is 12.1 Å². The number of nitrogens with zero attached hydrogens (tertiary/aromatic N) is 19. The van der Waals surface area contributed by atoms with Gasteiger partial charge in [0.1, 0.15) is 89.6 Å². The van der Waals surface area contributed by atoms with Gasteiger partial charge in [0.05, 0.1) is 30.4 Å². The first-order valence-electron chi connectivity index (χ1n) is 33.8. The topological polar surface area (TPSA) is 409 Å². The van der Waals surface area contributed by atoms with Gasteiger partial charge < -0.3 is 45.9 Å². The number of nitrogens with two attached hydrogens (primary N) is 3. The van der Waals surface area contributed by atoms with Crippen LogP contribution in [0.25, 0.3) is 0 Å². The molecule has 7 aliphatic rings. The molecule has 2 saturated heterocycles. The number of piperazine rings is 2. The fourth-order valence-corrected chi connectivity index (χ4v) is 11.6. The van der Waals surface area contributed by atoms with Crippen molar-refractivity contribution >= 4 is 47.1 Å². The van der Waals surface area contributed by atoms with Gasteiger partial charge in [-0.1, -0.05) is 6.07 Å². The van der Waals surface area contributed by atoms with Gasteiger partial charge in [0, 0.05) is 104 Å². The predicted molar refractivity (Wildman–Crippen MR) is 371 cm³/mol. The summed E-state index contributed by atoms with van der Waals surface area (Å²) in [7, 11) is 10.3. The Bertz CT molecular complexity index is 4090. The van der Waals surface area contributed by atoms with E-state index in [0.717, 1.165) is 125 Å². The molecule has 32 heteroatoms. The summed E-state index contributed by atoms with van der Waals surface area (Å²) in [4.78, 5) is 87.9. The second kappa shape index (κ2) is 36.8. The highest BCUT2D eigenvalue weighted by molar-refractivity contribution is 6.01. The Kier molecular flexibility index (Phi) is 27.4. The zero-order valence-corrected chi connectivity index (χ0v) is 58.5. The zero-order valence-electron chi connectivity index (χ0n) is 58.5. The van der Waals surface area contributed by atoms with E-state index in [4.69, 9.17) is 56.6 Å². The van der Waals surface area contributed by atoms with Gasteiger partial charge in [0.25, 0.3) is 0 Å². The quantitative estimate of drug-likeness (QED) is 0.0851. The summed E-state index contributed by atoms with van der Waals surface area (Å²) in [5, 5.41) is 36.7. The molecule has 102 heavy (non-hydrogen) atoms. The Balaban J connectivity index is 0.000000161. The molecule has 3 aliphatic heterocycles. The van der Waals surface area contributed by atoms with Crippen LogP contribution in [-0.2, 0) is 73.7 Å². The van der Waals surface area contributed by atoms with Crippen molar-refractivity contribution < 1.29 is 42.5 Å². The van der Waals surface area contributed by atoms with Gasteiger partial charge in [-0.05, 0) is 167 Å². The number of nitrogens with one attached hydrogen (secondary N) is 1. The Morgan fingerprint density at radius 3 is 1.57 bits per heavy atom. The third-order valence-corrected chi connectivity index (χ3v) is 17.7. The van der Waals surface area contributed by atoms with E-state index in [1.807, 2.05) is 40.9 Å². The number of methoxy groups -OCH3 is 4. The first kappa shape index (κ1) is 75.8. The molecule has 7 aromatic heterocycles. The number of pyridine rings is 5. The summed E-state index contributed by atoms with van der Waals surface area (Å²) >= 11 is 0. The Labute approximate surface area is 591 Å². The number of carbonyl (C=O) groups is 4. The number of hydrogen-bond donors (Lipinski definition) is 4. The molecule has 0 atom stereocenters. The number of aryl methyl sites for hydroxylation is 3. The lowest BCUT2D eigenvalue weighted by Crippen LogP contribution is -2.48. The van der Waals surface area contributed by atoms with Crippen LogP contribution < -0.4 is 27.4 Å². The van der Waals surface area contributed by atoms with Crippen LogP contribution in [0, 0.1) is 51.6 Å². The highest BCUT2D eigenvalue weighted by Gasteiger charge is 2.33. The van der Waals surface area contributed by atoms with Crippen molar-refractivity contribution in [3.05, 3.63) is 147 Å². The molecule has 7 aromatic rings. The Morgan fingerprint density at radius 2 is 1.09 bits per heavy atom. The van der Waals surface area contributed by atoms with Crippen LogP contribution in [0.4, 0.5) is 37.3 Å². The number of hydrogen-bond acceptors (Lipinski definition) is 25. The van der Waals surface area contributed by atoms with Crippen LogP contribution in [0.3, 0.4) is 0 Å². The monoisotopic (exact) mass is 1400 g/mol. The van der Waals surface area contributed by atoms with E-state index >= 15 is 0 Å². The van der Waals surface area contributed by atoms with Crippen molar-refractivity contribution in [3.8, 4) is 18.2 Å². The maximum absolute atomic E-state index is 13.5. The van der Waals surface area contributed by atoms with Gasteiger partial charge in [-0.2, -0.15) is 35.3 Å². The number of rotatable bonds is 15.